The highest BCUT2D eigenvalue weighted by atomic mass is 35.5. The van der Waals surface area contributed by atoms with Gasteiger partial charge in [-0.25, -0.2) is 4.99 Å². The van der Waals surface area contributed by atoms with Crippen molar-refractivity contribution in [2.24, 2.45) is 4.99 Å². The van der Waals surface area contributed by atoms with E-state index in [0.29, 0.717) is 33.2 Å². The first kappa shape index (κ1) is 23.9. The maximum atomic E-state index is 12.9. The van der Waals surface area contributed by atoms with Crippen molar-refractivity contribution in [3.05, 3.63) is 93.3 Å². The molecular formula is C27H25ClN2O3S. The number of thioether (sulfide) groups is 1. The number of rotatable bonds is 7. The Labute approximate surface area is 209 Å². The zero-order valence-electron chi connectivity index (χ0n) is 19.2. The molecule has 3 aromatic carbocycles. The molecule has 174 valence electrons. The topological polar surface area (TPSA) is 51.1 Å². The average molecular weight is 493 g/mol. The molecule has 0 spiro atoms. The van der Waals surface area contributed by atoms with Crippen LogP contribution in [0.3, 0.4) is 0 Å². The number of nitrogens with zero attached hydrogens (tertiary/aromatic N) is 2. The highest BCUT2D eigenvalue weighted by molar-refractivity contribution is 8.18. The second-order valence-corrected chi connectivity index (χ2v) is 9.12. The third kappa shape index (κ3) is 5.46. The van der Waals surface area contributed by atoms with Crippen molar-refractivity contribution in [1.29, 1.82) is 0 Å². The number of benzene rings is 3. The first-order valence-corrected chi connectivity index (χ1v) is 12.1. The van der Waals surface area contributed by atoms with Crippen LogP contribution in [-0.4, -0.2) is 30.1 Å². The van der Waals surface area contributed by atoms with Crippen LogP contribution in [0.2, 0.25) is 5.02 Å². The summed E-state index contributed by atoms with van der Waals surface area (Å²) >= 11 is 7.31. The lowest BCUT2D eigenvalue weighted by molar-refractivity contribution is -0.121. The second-order valence-electron chi connectivity index (χ2n) is 7.68. The van der Waals surface area contributed by atoms with E-state index in [-0.39, 0.29) is 5.91 Å². The lowest BCUT2D eigenvalue weighted by atomic mass is 10.1. The molecule has 7 heteroatoms. The molecule has 1 amide bonds. The number of carbonyl (C=O) groups is 1. The summed E-state index contributed by atoms with van der Waals surface area (Å²) in [7, 11) is 3.35. The Balaban J connectivity index is 1.53. The fourth-order valence-electron chi connectivity index (χ4n) is 3.46. The van der Waals surface area contributed by atoms with Crippen LogP contribution in [0.15, 0.2) is 76.6 Å². The van der Waals surface area contributed by atoms with Crippen molar-refractivity contribution in [3.63, 3.8) is 0 Å². The lowest BCUT2D eigenvalue weighted by Crippen LogP contribution is -2.23. The Kier molecular flexibility index (Phi) is 7.60. The van der Waals surface area contributed by atoms with Gasteiger partial charge in [0.15, 0.2) is 16.7 Å². The van der Waals surface area contributed by atoms with Gasteiger partial charge in [0.25, 0.3) is 5.91 Å². The van der Waals surface area contributed by atoms with Gasteiger partial charge in [-0.05, 0) is 71.3 Å². The molecule has 0 saturated carbocycles. The van der Waals surface area contributed by atoms with Crippen LogP contribution in [-0.2, 0) is 17.8 Å². The van der Waals surface area contributed by atoms with Crippen molar-refractivity contribution in [2.75, 3.05) is 14.2 Å². The summed E-state index contributed by atoms with van der Waals surface area (Å²) in [5.74, 6) is 1.14. The fraction of sp³-hybridized carbons (Fsp3) is 0.185. The van der Waals surface area contributed by atoms with Crippen LogP contribution in [0.4, 0.5) is 5.69 Å². The van der Waals surface area contributed by atoms with E-state index < -0.39 is 0 Å². The van der Waals surface area contributed by atoms with Crippen LogP contribution in [0.5, 0.6) is 11.5 Å². The number of para-hydroxylation sites is 1. The van der Waals surface area contributed by atoms with Crippen molar-refractivity contribution in [1.82, 2.24) is 4.90 Å². The first-order chi connectivity index (χ1) is 16.5. The van der Waals surface area contributed by atoms with Crippen molar-refractivity contribution < 1.29 is 14.3 Å². The second kappa shape index (κ2) is 10.8. The Morgan fingerprint density at radius 1 is 1.06 bits per heavy atom. The van der Waals surface area contributed by atoms with Gasteiger partial charge in [0.1, 0.15) is 6.61 Å². The van der Waals surface area contributed by atoms with Crippen LogP contribution >= 0.6 is 23.4 Å². The summed E-state index contributed by atoms with van der Waals surface area (Å²) in [4.78, 5) is 19.8. The van der Waals surface area contributed by atoms with Gasteiger partial charge in [-0.15, -0.1) is 0 Å². The van der Waals surface area contributed by atoms with E-state index in [1.807, 2.05) is 66.7 Å². The van der Waals surface area contributed by atoms with E-state index in [1.54, 1.807) is 19.1 Å². The van der Waals surface area contributed by atoms with Gasteiger partial charge >= 0.3 is 0 Å². The SMILES string of the molecule is CCc1ccccc1N=C1S/C(=C/c2ccc(OCc3ccc(Cl)cc3)c(OC)c2)C(=O)N1C. The zero-order chi connectivity index (χ0) is 24.1. The number of methoxy groups -OCH3 is 1. The maximum Gasteiger partial charge on any atom is 0.266 e. The fourth-order valence-corrected chi connectivity index (χ4v) is 4.57. The molecule has 1 aliphatic rings. The molecule has 1 aliphatic heterocycles. The van der Waals surface area contributed by atoms with E-state index in [4.69, 9.17) is 26.1 Å². The summed E-state index contributed by atoms with van der Waals surface area (Å²) in [5.41, 5.74) is 3.88. The molecule has 0 aliphatic carbocycles. The largest absolute Gasteiger partial charge is 0.493 e. The van der Waals surface area contributed by atoms with Crippen molar-refractivity contribution in [2.45, 2.75) is 20.0 Å². The van der Waals surface area contributed by atoms with E-state index in [0.717, 1.165) is 28.8 Å². The number of ether oxygens (including phenoxy) is 2. The molecular weight excluding hydrogens is 468 g/mol. The van der Waals surface area contributed by atoms with E-state index in [9.17, 15) is 4.79 Å². The number of likely N-dealkylation sites (N-methyl/N-ethyl adjacent to an activating group) is 1. The zero-order valence-corrected chi connectivity index (χ0v) is 20.8. The van der Waals surface area contributed by atoms with Gasteiger partial charge in [-0.2, -0.15) is 0 Å². The number of halogens is 1. The van der Waals surface area contributed by atoms with Crippen LogP contribution in [0.1, 0.15) is 23.6 Å². The minimum atomic E-state index is -0.0836. The van der Waals surface area contributed by atoms with Crippen molar-refractivity contribution in [3.8, 4) is 11.5 Å². The molecule has 1 saturated heterocycles. The third-order valence-corrected chi connectivity index (χ3v) is 6.70. The van der Waals surface area contributed by atoms with Crippen LogP contribution in [0.25, 0.3) is 6.08 Å². The van der Waals surface area contributed by atoms with E-state index in [2.05, 4.69) is 13.0 Å². The van der Waals surface area contributed by atoms with Crippen LogP contribution < -0.4 is 9.47 Å². The van der Waals surface area contributed by atoms with Gasteiger partial charge < -0.3 is 9.47 Å². The van der Waals surface area contributed by atoms with Gasteiger partial charge in [0.2, 0.25) is 0 Å². The molecule has 1 heterocycles. The van der Waals surface area contributed by atoms with Gasteiger partial charge in [-0.1, -0.05) is 54.9 Å². The Hall–Kier alpha value is -3.22. The molecule has 34 heavy (non-hydrogen) atoms. The number of amides is 1. The molecule has 4 rings (SSSR count). The molecule has 0 radical (unpaired) electrons. The predicted octanol–water partition coefficient (Wildman–Crippen LogP) is 6.72. The molecule has 0 aromatic heterocycles. The normalized spacial score (nSPS) is 15.9. The van der Waals surface area contributed by atoms with E-state index >= 15 is 0 Å². The number of amidine groups is 1. The Morgan fingerprint density at radius 3 is 2.56 bits per heavy atom. The molecule has 0 N–H and O–H groups in total. The first-order valence-electron chi connectivity index (χ1n) is 10.9. The monoisotopic (exact) mass is 492 g/mol. The number of carbonyl (C=O) groups excluding carboxylic acids is 1. The number of hydrogen-bond acceptors (Lipinski definition) is 5. The number of hydrogen-bond donors (Lipinski definition) is 0. The minimum absolute atomic E-state index is 0.0836. The summed E-state index contributed by atoms with van der Waals surface area (Å²) in [6.45, 7) is 2.49. The molecule has 0 bridgehead atoms. The van der Waals surface area contributed by atoms with Gasteiger partial charge in [-0.3, -0.25) is 9.69 Å². The highest BCUT2D eigenvalue weighted by Crippen LogP contribution is 2.36. The van der Waals surface area contributed by atoms with Gasteiger partial charge in [0.05, 0.1) is 17.7 Å². The van der Waals surface area contributed by atoms with Crippen LogP contribution in [0, 0.1) is 0 Å². The third-order valence-electron chi connectivity index (χ3n) is 5.39. The molecule has 3 aromatic rings. The molecule has 5 nitrogen and oxygen atoms in total. The number of aryl methyl sites for hydroxylation is 1. The smallest absolute Gasteiger partial charge is 0.266 e. The van der Waals surface area contributed by atoms with E-state index in [1.165, 1.54) is 11.8 Å². The summed E-state index contributed by atoms with van der Waals surface area (Å²) in [6.07, 6.45) is 2.73. The predicted molar refractivity (Wildman–Crippen MR) is 140 cm³/mol. The molecule has 1 fully saturated rings. The lowest BCUT2D eigenvalue weighted by Gasteiger charge is -2.11. The summed E-state index contributed by atoms with van der Waals surface area (Å²) < 4.78 is 11.5. The van der Waals surface area contributed by atoms with Crippen molar-refractivity contribution >= 4 is 46.2 Å². The summed E-state index contributed by atoms with van der Waals surface area (Å²) in [5, 5.41) is 1.35. The quantitative estimate of drug-likeness (QED) is 0.343. The molecule has 0 unspecified atom stereocenters. The average Bonchev–Trinajstić information content (AvgIpc) is 3.12. The van der Waals surface area contributed by atoms with Gasteiger partial charge in [0, 0.05) is 12.1 Å². The summed E-state index contributed by atoms with van der Waals surface area (Å²) in [6, 6.07) is 21.1. The standard InChI is InChI=1S/C27H25ClN2O3S/c1-4-20-7-5-6-8-22(20)29-27-30(2)26(31)25(34-27)16-19-11-14-23(24(15-19)32-3)33-17-18-9-12-21(28)13-10-18/h5-16H,4,17H2,1-3H3/b25-16+,29-27?. The minimum Gasteiger partial charge on any atom is -0.493 e. The highest BCUT2D eigenvalue weighted by Gasteiger charge is 2.30. The molecule has 0 atom stereocenters. The maximum absolute atomic E-state index is 12.9. The number of aliphatic imine (C=N–C) groups is 1. The Bertz CT molecular complexity index is 1250. The Morgan fingerprint density at radius 2 is 1.82 bits per heavy atom.